The third-order valence-corrected chi connectivity index (χ3v) is 5.75. The monoisotopic (exact) mass is 368 g/mol. The van der Waals surface area contributed by atoms with Gasteiger partial charge in [0, 0.05) is 43.3 Å². The Morgan fingerprint density at radius 2 is 2.15 bits per heavy atom. The van der Waals surface area contributed by atoms with Gasteiger partial charge in [0.2, 0.25) is 0 Å². The zero-order valence-corrected chi connectivity index (χ0v) is 15.4. The number of anilines is 1. The summed E-state index contributed by atoms with van der Waals surface area (Å²) in [5.74, 6) is 0.980. The summed E-state index contributed by atoms with van der Waals surface area (Å²) in [4.78, 5) is 27.8. The number of allylic oxidation sites excluding steroid dienone is 1. The van der Waals surface area contributed by atoms with E-state index in [-0.39, 0.29) is 5.78 Å². The highest BCUT2D eigenvalue weighted by Gasteiger charge is 2.19. The van der Waals surface area contributed by atoms with E-state index in [2.05, 4.69) is 32.8 Å². The average Bonchev–Trinajstić information content (AvgIpc) is 3.35. The molecule has 0 saturated carbocycles. The van der Waals surface area contributed by atoms with Crippen LogP contribution in [0.3, 0.4) is 0 Å². The summed E-state index contributed by atoms with van der Waals surface area (Å²) < 4.78 is 4.95. The van der Waals surface area contributed by atoms with E-state index in [4.69, 9.17) is 4.42 Å². The summed E-state index contributed by atoms with van der Waals surface area (Å²) in [6, 6.07) is 3.89. The topological polar surface area (TPSA) is 62.5 Å². The van der Waals surface area contributed by atoms with E-state index in [1.807, 2.05) is 6.20 Å². The van der Waals surface area contributed by atoms with E-state index in [1.165, 1.54) is 17.4 Å². The first-order chi connectivity index (χ1) is 12.7. The number of nitrogens with zero attached hydrogens (tertiary/aromatic N) is 4. The molecule has 1 aliphatic rings. The molecule has 3 aromatic heterocycles. The molecule has 0 spiro atoms. The molecule has 0 bridgehead atoms. The van der Waals surface area contributed by atoms with Gasteiger partial charge in [-0.3, -0.25) is 4.79 Å². The Kier molecular flexibility index (Phi) is 4.71. The van der Waals surface area contributed by atoms with Crippen LogP contribution in [0.2, 0.25) is 0 Å². The molecule has 1 aliphatic heterocycles. The first-order valence-corrected chi connectivity index (χ1v) is 9.53. The van der Waals surface area contributed by atoms with Crippen LogP contribution in [0, 0.1) is 0 Å². The molecule has 0 aromatic carbocycles. The largest absolute Gasteiger partial charge is 0.472 e. The Bertz CT molecular complexity index is 924. The summed E-state index contributed by atoms with van der Waals surface area (Å²) in [7, 11) is 0. The van der Waals surface area contributed by atoms with Crippen molar-refractivity contribution in [2.24, 2.45) is 0 Å². The van der Waals surface area contributed by atoms with Crippen molar-refractivity contribution >= 4 is 33.2 Å². The summed E-state index contributed by atoms with van der Waals surface area (Å²) in [5.41, 5.74) is 0.576. The number of fused-ring (bicyclic) bond motifs is 1. The maximum atomic E-state index is 12.0. The number of hydrogen-bond acceptors (Lipinski definition) is 7. The maximum Gasteiger partial charge on any atom is 0.190 e. The van der Waals surface area contributed by atoms with Crippen LogP contribution in [-0.2, 0) is 6.42 Å². The zero-order chi connectivity index (χ0) is 17.9. The molecule has 134 valence electrons. The van der Waals surface area contributed by atoms with Crippen molar-refractivity contribution in [3.63, 3.8) is 0 Å². The molecule has 0 unspecified atom stereocenters. The number of rotatable bonds is 5. The Morgan fingerprint density at radius 1 is 1.31 bits per heavy atom. The van der Waals surface area contributed by atoms with Crippen molar-refractivity contribution in [3.8, 4) is 0 Å². The molecule has 4 heterocycles. The summed E-state index contributed by atoms with van der Waals surface area (Å²) in [6.07, 6.45) is 9.14. The second-order valence-corrected chi connectivity index (χ2v) is 7.31. The van der Waals surface area contributed by atoms with Crippen LogP contribution in [-0.4, -0.2) is 46.8 Å². The van der Waals surface area contributed by atoms with E-state index >= 15 is 0 Å². The molecule has 1 saturated heterocycles. The van der Waals surface area contributed by atoms with Crippen LogP contribution in [0.1, 0.15) is 22.2 Å². The molecular weight excluding hydrogens is 348 g/mol. The molecule has 0 N–H and O–H groups in total. The lowest BCUT2D eigenvalue weighted by molar-refractivity contribution is 0.104. The van der Waals surface area contributed by atoms with Crippen LogP contribution in [0.4, 0.5) is 5.82 Å². The van der Waals surface area contributed by atoms with Crippen LogP contribution in [0.15, 0.2) is 47.7 Å². The normalized spacial score (nSPS) is 15.3. The fraction of sp³-hybridized carbons (Fsp3) is 0.316. The van der Waals surface area contributed by atoms with Crippen molar-refractivity contribution < 1.29 is 9.21 Å². The quantitative estimate of drug-likeness (QED) is 0.508. The van der Waals surface area contributed by atoms with Gasteiger partial charge in [-0.1, -0.05) is 6.92 Å². The number of hydrogen-bond donors (Lipinski definition) is 0. The minimum atomic E-state index is -0.0379. The van der Waals surface area contributed by atoms with Gasteiger partial charge in [0.1, 0.15) is 23.2 Å². The predicted octanol–water partition coefficient (Wildman–Crippen LogP) is 3.37. The van der Waals surface area contributed by atoms with Gasteiger partial charge in [0.15, 0.2) is 5.78 Å². The minimum absolute atomic E-state index is 0.0379. The number of thiophene rings is 1. The first kappa shape index (κ1) is 16.8. The number of furan rings is 1. The van der Waals surface area contributed by atoms with Crippen LogP contribution in [0.25, 0.3) is 10.2 Å². The fourth-order valence-electron chi connectivity index (χ4n) is 3.08. The second kappa shape index (κ2) is 7.29. The van der Waals surface area contributed by atoms with Crippen molar-refractivity contribution in [3.05, 3.63) is 53.7 Å². The molecule has 0 aliphatic carbocycles. The zero-order valence-electron chi connectivity index (χ0n) is 14.6. The standard InChI is InChI=1S/C19H20N4O2S/c1-2-15-11-16-18(20-13-21-19(16)26-15)23-8-6-22(7-9-23)5-3-17(24)14-4-10-25-12-14/h3-5,10-13H,2,6-9H2,1H3. The van der Waals surface area contributed by atoms with Gasteiger partial charge in [0.05, 0.1) is 17.2 Å². The maximum absolute atomic E-state index is 12.0. The smallest absolute Gasteiger partial charge is 0.190 e. The molecular formula is C19H20N4O2S. The predicted molar refractivity (Wildman–Crippen MR) is 103 cm³/mol. The summed E-state index contributed by atoms with van der Waals surface area (Å²) in [5, 5.41) is 1.15. The Balaban J connectivity index is 1.42. The van der Waals surface area contributed by atoms with Crippen molar-refractivity contribution in [2.75, 3.05) is 31.1 Å². The van der Waals surface area contributed by atoms with Crippen molar-refractivity contribution in [2.45, 2.75) is 13.3 Å². The van der Waals surface area contributed by atoms with Gasteiger partial charge >= 0.3 is 0 Å². The SMILES string of the molecule is CCc1cc2c(N3CCN(C=CC(=O)c4ccoc4)CC3)ncnc2s1. The number of carbonyl (C=O) groups excluding carboxylic acids is 1. The Morgan fingerprint density at radius 3 is 2.88 bits per heavy atom. The highest BCUT2D eigenvalue weighted by molar-refractivity contribution is 7.18. The van der Waals surface area contributed by atoms with Gasteiger partial charge in [-0.25, -0.2) is 9.97 Å². The van der Waals surface area contributed by atoms with Gasteiger partial charge < -0.3 is 14.2 Å². The molecule has 6 nitrogen and oxygen atoms in total. The lowest BCUT2D eigenvalue weighted by atomic mass is 10.2. The van der Waals surface area contributed by atoms with Gasteiger partial charge in [0.25, 0.3) is 0 Å². The molecule has 0 radical (unpaired) electrons. The van der Waals surface area contributed by atoms with Gasteiger partial charge in [-0.15, -0.1) is 11.3 Å². The number of piperazine rings is 1. The number of carbonyl (C=O) groups is 1. The lowest BCUT2D eigenvalue weighted by Gasteiger charge is -2.35. The third kappa shape index (κ3) is 3.35. The molecule has 1 fully saturated rings. The molecule has 4 rings (SSSR count). The Labute approximate surface area is 155 Å². The van der Waals surface area contributed by atoms with Crippen LogP contribution < -0.4 is 4.90 Å². The second-order valence-electron chi connectivity index (χ2n) is 6.20. The van der Waals surface area contributed by atoms with E-state index < -0.39 is 0 Å². The van der Waals surface area contributed by atoms with Gasteiger partial charge in [-0.2, -0.15) is 0 Å². The van der Waals surface area contributed by atoms with Gasteiger partial charge in [-0.05, 0) is 18.6 Å². The first-order valence-electron chi connectivity index (χ1n) is 8.71. The number of ketones is 1. The molecule has 26 heavy (non-hydrogen) atoms. The van der Waals surface area contributed by atoms with Crippen LogP contribution in [0.5, 0.6) is 0 Å². The highest BCUT2D eigenvalue weighted by Crippen LogP contribution is 2.30. The number of aryl methyl sites for hydroxylation is 1. The molecule has 0 amide bonds. The van der Waals surface area contributed by atoms with E-state index in [9.17, 15) is 4.79 Å². The molecule has 0 atom stereocenters. The van der Waals surface area contributed by atoms with Crippen molar-refractivity contribution in [1.29, 1.82) is 0 Å². The molecule has 3 aromatic rings. The third-order valence-electron chi connectivity index (χ3n) is 4.56. The van der Waals surface area contributed by atoms with E-state index in [1.54, 1.807) is 29.8 Å². The van der Waals surface area contributed by atoms with E-state index in [0.717, 1.165) is 48.6 Å². The minimum Gasteiger partial charge on any atom is -0.472 e. The molecule has 7 heteroatoms. The van der Waals surface area contributed by atoms with Crippen LogP contribution >= 0.6 is 11.3 Å². The highest BCUT2D eigenvalue weighted by atomic mass is 32.1. The summed E-state index contributed by atoms with van der Waals surface area (Å²) in [6.45, 7) is 5.60. The van der Waals surface area contributed by atoms with Crippen molar-refractivity contribution in [1.82, 2.24) is 14.9 Å². The summed E-state index contributed by atoms with van der Waals surface area (Å²) >= 11 is 1.74. The lowest BCUT2D eigenvalue weighted by Crippen LogP contribution is -2.44. The average molecular weight is 368 g/mol. The Hall–Kier alpha value is -2.67. The number of aromatic nitrogens is 2. The van der Waals surface area contributed by atoms with E-state index in [0.29, 0.717) is 5.56 Å². The fourth-order valence-corrected chi connectivity index (χ4v) is 4.01.